The minimum absolute atomic E-state index is 0.130. The first-order chi connectivity index (χ1) is 41.3. The van der Waals surface area contributed by atoms with Gasteiger partial charge in [-0.2, -0.15) is 0 Å². The summed E-state index contributed by atoms with van der Waals surface area (Å²) in [6.07, 6.45) is 76.3. The van der Waals surface area contributed by atoms with E-state index in [1.165, 1.54) is 353 Å². The van der Waals surface area contributed by atoms with Crippen molar-refractivity contribution in [3.05, 3.63) is 0 Å². The zero-order valence-electron chi connectivity index (χ0n) is 56.5. The predicted molar refractivity (Wildman–Crippen MR) is 360 cm³/mol. The zero-order valence-corrected chi connectivity index (χ0v) is 56.5. The van der Waals surface area contributed by atoms with E-state index >= 15 is 0 Å². The summed E-state index contributed by atoms with van der Waals surface area (Å²) in [5.74, 6) is -0.132. The van der Waals surface area contributed by atoms with Gasteiger partial charge in [-0.1, -0.05) is 399 Å². The maximum atomic E-state index is 13.2. The highest BCUT2D eigenvalue weighted by Crippen LogP contribution is 2.24. The fourth-order valence-corrected chi connectivity index (χ4v) is 13.0. The van der Waals surface area contributed by atoms with Crippen LogP contribution in [0.15, 0.2) is 0 Å². The van der Waals surface area contributed by atoms with E-state index in [-0.39, 0.29) is 12.5 Å². The van der Waals surface area contributed by atoms with E-state index < -0.39 is 49.5 Å². The molecule has 0 saturated carbocycles. The Labute approximate surface area is 523 Å². The van der Waals surface area contributed by atoms with Gasteiger partial charge in [0.25, 0.3) is 0 Å². The number of aliphatic hydroxyl groups excluding tert-OH is 5. The summed E-state index contributed by atoms with van der Waals surface area (Å²) in [5, 5.41) is 55.0. The minimum Gasteiger partial charge on any atom is -0.394 e. The Morgan fingerprint density at radius 1 is 0.357 bits per heavy atom. The second-order valence-electron chi connectivity index (χ2n) is 27.2. The Hall–Kier alpha value is -0.810. The number of aliphatic hydroxyl groups is 5. The molecule has 1 rings (SSSR count). The fourth-order valence-electron chi connectivity index (χ4n) is 13.0. The largest absolute Gasteiger partial charge is 0.394 e. The topological polar surface area (TPSA) is 149 Å². The van der Waals surface area contributed by atoms with Crippen LogP contribution in [-0.4, -0.2) is 87.5 Å². The van der Waals surface area contributed by atoms with Gasteiger partial charge < -0.3 is 40.3 Å². The van der Waals surface area contributed by atoms with Gasteiger partial charge in [0.1, 0.15) is 24.4 Å². The van der Waals surface area contributed by atoms with Crippen LogP contribution in [0.1, 0.15) is 418 Å². The van der Waals surface area contributed by atoms with Gasteiger partial charge in [0, 0.05) is 6.42 Å². The molecule has 1 saturated heterocycles. The molecule has 7 atom stereocenters. The smallest absolute Gasteiger partial charge is 0.220 e. The number of hydrogen-bond donors (Lipinski definition) is 6. The summed E-state index contributed by atoms with van der Waals surface area (Å²) in [6.45, 7) is 3.92. The summed E-state index contributed by atoms with van der Waals surface area (Å²) in [5.41, 5.74) is 0. The fraction of sp³-hybridized carbons (Fsp3) is 0.987. The Kier molecular flexibility index (Phi) is 63.0. The SMILES string of the molecule is CCCCCCCCCCCCCCCCCCCCCCCCCCCCCCCCCCCC(=O)NC(COC1OC(CO)C(O)C(O)C1O)C(O)CCCCCCCCCCCCCCCCCCCCCCCCCCCCCC. The van der Waals surface area contributed by atoms with Crippen molar-refractivity contribution in [1.29, 1.82) is 0 Å². The van der Waals surface area contributed by atoms with Crippen LogP contribution >= 0.6 is 0 Å². The molecule has 7 unspecified atom stereocenters. The van der Waals surface area contributed by atoms with Gasteiger partial charge in [0.05, 0.1) is 25.4 Å². The van der Waals surface area contributed by atoms with Crippen molar-refractivity contribution in [2.45, 2.75) is 461 Å². The van der Waals surface area contributed by atoms with Crippen LogP contribution in [-0.2, 0) is 14.3 Å². The first kappa shape index (κ1) is 81.2. The second kappa shape index (κ2) is 65.2. The normalized spacial score (nSPS) is 18.0. The molecule has 0 aromatic rings. The van der Waals surface area contributed by atoms with Crippen LogP contribution in [0.4, 0.5) is 0 Å². The summed E-state index contributed by atoms with van der Waals surface area (Å²) < 4.78 is 11.4. The van der Waals surface area contributed by atoms with Gasteiger partial charge in [-0.25, -0.2) is 0 Å². The van der Waals surface area contributed by atoms with Crippen LogP contribution in [0.2, 0.25) is 0 Å². The second-order valence-corrected chi connectivity index (χ2v) is 27.2. The average molecular weight is 1190 g/mol. The third kappa shape index (κ3) is 53.1. The van der Waals surface area contributed by atoms with Crippen LogP contribution in [0.3, 0.4) is 0 Å². The van der Waals surface area contributed by atoms with Gasteiger partial charge in [-0.3, -0.25) is 4.79 Å². The quantitative estimate of drug-likeness (QED) is 0.0330. The highest BCUT2D eigenvalue weighted by molar-refractivity contribution is 5.76. The van der Waals surface area contributed by atoms with Gasteiger partial charge >= 0.3 is 0 Å². The summed E-state index contributed by atoms with van der Waals surface area (Å²) in [4.78, 5) is 13.2. The molecule has 9 heteroatoms. The third-order valence-corrected chi connectivity index (χ3v) is 19.0. The van der Waals surface area contributed by atoms with E-state index in [0.29, 0.717) is 12.8 Å². The third-order valence-electron chi connectivity index (χ3n) is 19.0. The Bertz CT molecular complexity index is 1290. The van der Waals surface area contributed by atoms with Gasteiger partial charge in [-0.15, -0.1) is 0 Å². The highest BCUT2D eigenvalue weighted by atomic mass is 16.7. The zero-order chi connectivity index (χ0) is 60.7. The molecule has 9 nitrogen and oxygen atoms in total. The Morgan fingerprint density at radius 3 is 0.845 bits per heavy atom. The van der Waals surface area contributed by atoms with Crippen molar-refractivity contribution in [3.63, 3.8) is 0 Å². The molecular weight excluding hydrogens is 1040 g/mol. The summed E-state index contributed by atoms with van der Waals surface area (Å²) in [7, 11) is 0. The summed E-state index contributed by atoms with van der Waals surface area (Å²) in [6, 6.07) is -0.716. The number of hydrogen-bond acceptors (Lipinski definition) is 8. The van der Waals surface area contributed by atoms with Crippen molar-refractivity contribution >= 4 is 5.91 Å². The molecule has 1 amide bonds. The monoisotopic (exact) mass is 1190 g/mol. The molecule has 0 aromatic carbocycles. The van der Waals surface area contributed by atoms with Crippen molar-refractivity contribution in [2.24, 2.45) is 0 Å². The van der Waals surface area contributed by atoms with Crippen LogP contribution < -0.4 is 5.32 Å². The number of unbranched alkanes of at least 4 members (excludes halogenated alkanes) is 59. The van der Waals surface area contributed by atoms with Crippen molar-refractivity contribution in [2.75, 3.05) is 13.2 Å². The molecule has 84 heavy (non-hydrogen) atoms. The molecule has 1 aliphatic rings. The standard InChI is InChI=1S/C75H149NO8/c1-3-5-7-9-11-13-15-17-19-21-23-25-27-29-31-33-34-35-36-37-39-41-43-45-47-49-51-53-55-57-59-61-63-65-71(79)76-68(67-83-75-74(82)73(81)72(80)70(66-77)84-75)69(78)64-62-60-58-56-54-52-50-48-46-44-42-40-38-32-30-28-26-24-22-20-18-16-14-12-10-8-6-4-2/h68-70,72-75,77-78,80-82H,3-67H2,1-2H3,(H,76,79). The number of rotatable bonds is 69. The lowest BCUT2D eigenvalue weighted by Crippen LogP contribution is -2.60. The van der Waals surface area contributed by atoms with Crippen LogP contribution in [0.5, 0.6) is 0 Å². The van der Waals surface area contributed by atoms with Gasteiger partial charge in [0.15, 0.2) is 6.29 Å². The minimum atomic E-state index is -1.55. The molecule has 0 radical (unpaired) electrons. The number of carbonyl (C=O) groups excluding carboxylic acids is 1. The maximum absolute atomic E-state index is 13.2. The molecule has 1 aliphatic heterocycles. The van der Waals surface area contributed by atoms with Crippen LogP contribution in [0, 0.1) is 0 Å². The van der Waals surface area contributed by atoms with E-state index in [4.69, 9.17) is 9.47 Å². The van der Waals surface area contributed by atoms with E-state index in [9.17, 15) is 30.3 Å². The molecule has 1 heterocycles. The number of ether oxygens (including phenoxy) is 2. The predicted octanol–water partition coefficient (Wildman–Crippen LogP) is 21.3. The van der Waals surface area contributed by atoms with E-state index in [1.54, 1.807) is 0 Å². The average Bonchev–Trinajstić information content (AvgIpc) is 3.70. The molecule has 1 fully saturated rings. The van der Waals surface area contributed by atoms with Gasteiger partial charge in [0.2, 0.25) is 5.91 Å². The lowest BCUT2D eigenvalue weighted by Gasteiger charge is -2.40. The highest BCUT2D eigenvalue weighted by Gasteiger charge is 2.44. The lowest BCUT2D eigenvalue weighted by atomic mass is 9.99. The van der Waals surface area contributed by atoms with Crippen molar-refractivity contribution in [3.8, 4) is 0 Å². The first-order valence-electron chi connectivity index (χ1n) is 38.2. The molecule has 0 aromatic heterocycles. The molecular formula is C75H149NO8. The summed E-state index contributed by atoms with van der Waals surface area (Å²) >= 11 is 0. The first-order valence-corrected chi connectivity index (χ1v) is 38.2. The molecule has 0 aliphatic carbocycles. The number of nitrogens with one attached hydrogen (secondary N) is 1. The Morgan fingerprint density at radius 2 is 0.595 bits per heavy atom. The van der Waals surface area contributed by atoms with E-state index in [0.717, 1.165) is 38.5 Å². The molecule has 0 spiro atoms. The van der Waals surface area contributed by atoms with Gasteiger partial charge in [-0.05, 0) is 12.8 Å². The number of carbonyl (C=O) groups is 1. The molecule has 6 N–H and O–H groups in total. The van der Waals surface area contributed by atoms with E-state index in [2.05, 4.69) is 19.2 Å². The van der Waals surface area contributed by atoms with Crippen molar-refractivity contribution < 1.29 is 39.8 Å². The molecule has 502 valence electrons. The Balaban J connectivity index is 2.05. The van der Waals surface area contributed by atoms with Crippen LogP contribution in [0.25, 0.3) is 0 Å². The maximum Gasteiger partial charge on any atom is 0.220 e. The van der Waals surface area contributed by atoms with E-state index in [1.807, 2.05) is 0 Å². The lowest BCUT2D eigenvalue weighted by molar-refractivity contribution is -0.302. The molecule has 0 bridgehead atoms. The van der Waals surface area contributed by atoms with Crippen molar-refractivity contribution in [1.82, 2.24) is 5.32 Å². The number of amides is 1.